The summed E-state index contributed by atoms with van der Waals surface area (Å²) >= 11 is 0. The van der Waals surface area contributed by atoms with E-state index in [4.69, 9.17) is 4.74 Å². The van der Waals surface area contributed by atoms with Crippen LogP contribution in [0.3, 0.4) is 0 Å². The number of hydrogen-bond acceptors (Lipinski definition) is 5. The molecule has 0 amide bonds. The molecule has 5 rings (SSSR count). The number of esters is 1. The van der Waals surface area contributed by atoms with E-state index in [-0.39, 0.29) is 10.9 Å². The van der Waals surface area contributed by atoms with Gasteiger partial charge in [-0.1, -0.05) is 54.4 Å². The average Bonchev–Trinajstić information content (AvgIpc) is 3.29. The van der Waals surface area contributed by atoms with Gasteiger partial charge in [0, 0.05) is 5.39 Å². The zero-order chi connectivity index (χ0) is 25.3. The summed E-state index contributed by atoms with van der Waals surface area (Å²) in [5.41, 5.74) is 3.76. The van der Waals surface area contributed by atoms with Gasteiger partial charge in [0.25, 0.3) is 10.0 Å². The topological polar surface area (TPSA) is 68.6 Å². The van der Waals surface area contributed by atoms with E-state index < -0.39 is 16.0 Å². The SMILES string of the molecule is COC(=O)c1ccc(C(c2cc3ccccc3n2S(=O)(=O)c2ccc(C)cc2)N2CCCCC2)cc1. The first-order valence-electron chi connectivity index (χ1n) is 12.2. The molecule has 36 heavy (non-hydrogen) atoms. The fourth-order valence-electron chi connectivity index (χ4n) is 5.09. The van der Waals surface area contributed by atoms with Crippen LogP contribution in [0.15, 0.2) is 83.8 Å². The third-order valence-electron chi connectivity index (χ3n) is 6.94. The smallest absolute Gasteiger partial charge is 0.337 e. The molecule has 1 aliphatic rings. The van der Waals surface area contributed by atoms with E-state index in [0.29, 0.717) is 16.8 Å². The summed E-state index contributed by atoms with van der Waals surface area (Å²) in [5.74, 6) is -0.396. The quantitative estimate of drug-likeness (QED) is 0.324. The number of carbonyl (C=O) groups is 1. The van der Waals surface area contributed by atoms with E-state index >= 15 is 0 Å². The van der Waals surface area contributed by atoms with E-state index in [0.717, 1.165) is 48.9 Å². The van der Waals surface area contributed by atoms with Crippen molar-refractivity contribution < 1.29 is 17.9 Å². The maximum Gasteiger partial charge on any atom is 0.337 e. The van der Waals surface area contributed by atoms with Crippen molar-refractivity contribution in [1.29, 1.82) is 0 Å². The number of nitrogens with zero attached hydrogens (tertiary/aromatic N) is 2. The Morgan fingerprint density at radius 2 is 1.56 bits per heavy atom. The molecular formula is C29H30N2O4S. The van der Waals surface area contributed by atoms with Crippen LogP contribution in [0, 0.1) is 6.92 Å². The minimum atomic E-state index is -3.87. The molecule has 1 saturated heterocycles. The zero-order valence-electron chi connectivity index (χ0n) is 20.6. The number of carbonyl (C=O) groups excluding carboxylic acids is 1. The van der Waals surface area contributed by atoms with E-state index in [1.165, 1.54) is 11.1 Å². The van der Waals surface area contributed by atoms with Crippen molar-refractivity contribution in [2.45, 2.75) is 37.1 Å². The molecule has 1 atom stereocenters. The lowest BCUT2D eigenvalue weighted by Crippen LogP contribution is -2.36. The highest BCUT2D eigenvalue weighted by molar-refractivity contribution is 7.90. The lowest BCUT2D eigenvalue weighted by atomic mass is 9.98. The Morgan fingerprint density at radius 1 is 0.889 bits per heavy atom. The second-order valence-corrected chi connectivity index (χ2v) is 11.1. The Morgan fingerprint density at radius 3 is 2.22 bits per heavy atom. The number of likely N-dealkylation sites (tertiary alicyclic amines) is 1. The van der Waals surface area contributed by atoms with Gasteiger partial charge in [0.1, 0.15) is 0 Å². The van der Waals surface area contributed by atoms with Crippen LogP contribution in [0.5, 0.6) is 0 Å². The lowest BCUT2D eigenvalue weighted by molar-refractivity contribution is 0.0600. The number of methoxy groups -OCH3 is 1. The van der Waals surface area contributed by atoms with Gasteiger partial charge < -0.3 is 4.74 Å². The van der Waals surface area contributed by atoms with Crippen LogP contribution in [-0.2, 0) is 14.8 Å². The molecule has 1 aliphatic heterocycles. The summed E-state index contributed by atoms with van der Waals surface area (Å²) in [6.45, 7) is 3.68. The summed E-state index contributed by atoms with van der Waals surface area (Å²) in [5, 5.41) is 0.872. The number of fused-ring (bicyclic) bond motifs is 1. The first-order valence-corrected chi connectivity index (χ1v) is 13.7. The molecular weight excluding hydrogens is 472 g/mol. The van der Waals surface area contributed by atoms with Gasteiger partial charge >= 0.3 is 5.97 Å². The number of hydrogen-bond donors (Lipinski definition) is 0. The van der Waals surface area contributed by atoms with Gasteiger partial charge in [0.15, 0.2) is 0 Å². The molecule has 1 unspecified atom stereocenters. The first-order chi connectivity index (χ1) is 17.4. The summed E-state index contributed by atoms with van der Waals surface area (Å²) in [4.78, 5) is 14.6. The van der Waals surface area contributed by atoms with Gasteiger partial charge in [-0.25, -0.2) is 17.2 Å². The fraction of sp³-hybridized carbons (Fsp3) is 0.276. The predicted octanol–water partition coefficient (Wildman–Crippen LogP) is 5.55. The van der Waals surface area contributed by atoms with Crippen molar-refractivity contribution in [3.63, 3.8) is 0 Å². The van der Waals surface area contributed by atoms with Crippen molar-refractivity contribution in [3.05, 3.63) is 101 Å². The van der Waals surface area contributed by atoms with Crippen molar-refractivity contribution in [1.82, 2.24) is 8.87 Å². The number of piperidine rings is 1. The summed E-state index contributed by atoms with van der Waals surface area (Å²) in [7, 11) is -2.51. The minimum absolute atomic E-state index is 0.258. The molecule has 6 nitrogen and oxygen atoms in total. The highest BCUT2D eigenvalue weighted by atomic mass is 32.2. The maximum atomic E-state index is 14.1. The van der Waals surface area contributed by atoms with E-state index in [9.17, 15) is 13.2 Å². The molecule has 186 valence electrons. The highest BCUT2D eigenvalue weighted by Crippen LogP contribution is 2.37. The Hall–Kier alpha value is -3.42. The number of ether oxygens (including phenoxy) is 1. The molecule has 0 N–H and O–H groups in total. The van der Waals surface area contributed by atoms with Gasteiger partial charge in [-0.3, -0.25) is 4.90 Å². The molecule has 0 spiro atoms. The van der Waals surface area contributed by atoms with Crippen LogP contribution in [0.4, 0.5) is 0 Å². The van der Waals surface area contributed by atoms with Crippen LogP contribution in [0.25, 0.3) is 10.9 Å². The third-order valence-corrected chi connectivity index (χ3v) is 8.69. The molecule has 3 aromatic carbocycles. The van der Waals surface area contributed by atoms with Gasteiger partial charge in [-0.2, -0.15) is 0 Å². The zero-order valence-corrected chi connectivity index (χ0v) is 21.4. The fourth-order valence-corrected chi connectivity index (χ4v) is 6.64. The Bertz CT molecular complexity index is 1480. The standard InChI is InChI=1S/C29H30N2O4S/c1-21-10-16-25(17-11-21)36(33,34)31-26-9-5-4-8-24(26)20-27(31)28(30-18-6-3-7-19-30)22-12-14-23(15-13-22)29(32)35-2/h4-5,8-17,20,28H,3,6-7,18-19H2,1-2H3. The number of aryl methyl sites for hydroxylation is 1. The molecule has 0 radical (unpaired) electrons. The van der Waals surface area contributed by atoms with Crippen molar-refractivity contribution in [3.8, 4) is 0 Å². The van der Waals surface area contributed by atoms with E-state index in [1.54, 1.807) is 24.3 Å². The average molecular weight is 503 g/mol. The number of aromatic nitrogens is 1. The van der Waals surface area contributed by atoms with Crippen LogP contribution in [0.1, 0.15) is 52.5 Å². The Kier molecular flexibility index (Phi) is 6.69. The van der Waals surface area contributed by atoms with Crippen LogP contribution in [0.2, 0.25) is 0 Å². The molecule has 2 heterocycles. The Labute approximate surface area is 212 Å². The van der Waals surface area contributed by atoms with Crippen LogP contribution < -0.4 is 0 Å². The number of para-hydroxylation sites is 1. The van der Waals surface area contributed by atoms with Gasteiger partial charge in [0.05, 0.1) is 34.8 Å². The number of benzene rings is 3. The van der Waals surface area contributed by atoms with Crippen molar-refractivity contribution >= 4 is 26.9 Å². The van der Waals surface area contributed by atoms with Gasteiger partial charge in [-0.05, 0) is 74.8 Å². The van der Waals surface area contributed by atoms with Gasteiger partial charge in [0.2, 0.25) is 0 Å². The van der Waals surface area contributed by atoms with Crippen molar-refractivity contribution in [2.24, 2.45) is 0 Å². The van der Waals surface area contributed by atoms with Crippen LogP contribution >= 0.6 is 0 Å². The van der Waals surface area contributed by atoms with E-state index in [2.05, 4.69) is 4.90 Å². The largest absolute Gasteiger partial charge is 0.465 e. The van der Waals surface area contributed by atoms with Crippen LogP contribution in [-0.4, -0.2) is 43.5 Å². The first kappa shape index (κ1) is 24.3. The second-order valence-electron chi connectivity index (χ2n) is 9.32. The third kappa shape index (κ3) is 4.45. The maximum absolute atomic E-state index is 14.1. The summed E-state index contributed by atoms with van der Waals surface area (Å²) < 4.78 is 34.6. The number of rotatable bonds is 6. The molecule has 7 heteroatoms. The minimum Gasteiger partial charge on any atom is -0.465 e. The van der Waals surface area contributed by atoms with Crippen molar-refractivity contribution in [2.75, 3.05) is 20.2 Å². The highest BCUT2D eigenvalue weighted by Gasteiger charge is 2.32. The molecule has 1 fully saturated rings. The lowest BCUT2D eigenvalue weighted by Gasteiger charge is -2.35. The Balaban J connectivity index is 1.73. The molecule has 0 saturated carbocycles. The molecule has 4 aromatic rings. The predicted molar refractivity (Wildman–Crippen MR) is 141 cm³/mol. The summed E-state index contributed by atoms with van der Waals surface area (Å²) in [6, 6.07) is 23.6. The molecule has 0 bridgehead atoms. The normalized spacial score (nSPS) is 15.6. The monoisotopic (exact) mass is 502 g/mol. The van der Waals surface area contributed by atoms with E-state index in [1.807, 2.05) is 61.5 Å². The molecule has 0 aliphatic carbocycles. The van der Waals surface area contributed by atoms with Gasteiger partial charge in [-0.15, -0.1) is 0 Å². The molecule has 1 aromatic heterocycles. The summed E-state index contributed by atoms with van der Waals surface area (Å²) in [6.07, 6.45) is 3.28. The second kappa shape index (κ2) is 9.91.